The number of hydrogen-bond acceptors (Lipinski definition) is 11. The van der Waals surface area contributed by atoms with Crippen molar-refractivity contribution in [2.75, 3.05) is 0 Å². The quantitative estimate of drug-likeness (QED) is 0.170. The zero-order chi connectivity index (χ0) is 35.7. The van der Waals surface area contributed by atoms with Gasteiger partial charge in [-0.15, -0.1) is 0 Å². The maximum Gasteiger partial charge on any atom is 0.331 e. The van der Waals surface area contributed by atoms with Gasteiger partial charge in [0.05, 0.1) is 5.41 Å². The van der Waals surface area contributed by atoms with Gasteiger partial charge in [-0.25, -0.2) is 4.79 Å². The van der Waals surface area contributed by atoms with Gasteiger partial charge in [0.25, 0.3) is 0 Å². The van der Waals surface area contributed by atoms with Crippen LogP contribution in [-0.4, -0.2) is 66.1 Å². The van der Waals surface area contributed by atoms with Gasteiger partial charge in [-0.2, -0.15) is 0 Å². The Morgan fingerprint density at radius 2 is 1.42 bits per heavy atom. The second-order valence-corrected chi connectivity index (χ2v) is 13.6. The van der Waals surface area contributed by atoms with Crippen molar-refractivity contribution in [1.29, 1.82) is 0 Å². The van der Waals surface area contributed by atoms with Crippen molar-refractivity contribution < 1.29 is 52.5 Å². The Labute approximate surface area is 280 Å². The molecule has 0 unspecified atom stereocenters. The lowest BCUT2D eigenvalue weighted by atomic mass is 9.48. The minimum Gasteiger partial charge on any atom is -0.462 e. The molecule has 2 saturated carbocycles. The first kappa shape index (κ1) is 36.3. The van der Waals surface area contributed by atoms with Crippen LogP contribution < -0.4 is 0 Å². The number of esters is 5. The molecule has 2 bridgehead atoms. The number of ketones is 1. The van der Waals surface area contributed by atoms with Crippen molar-refractivity contribution >= 4 is 41.7 Å². The third kappa shape index (κ3) is 7.00. The lowest BCUT2D eigenvalue weighted by Gasteiger charge is -2.60. The van der Waals surface area contributed by atoms with Gasteiger partial charge in [0.2, 0.25) is 0 Å². The molecule has 2 fully saturated rings. The van der Waals surface area contributed by atoms with Crippen LogP contribution in [0.15, 0.2) is 59.7 Å². The zero-order valence-corrected chi connectivity index (χ0v) is 28.7. The van der Waals surface area contributed by atoms with Crippen molar-refractivity contribution in [2.24, 2.45) is 22.7 Å². The maximum atomic E-state index is 13.7. The predicted molar refractivity (Wildman–Crippen MR) is 173 cm³/mol. The second kappa shape index (κ2) is 13.9. The highest BCUT2D eigenvalue weighted by molar-refractivity contribution is 5.97. The summed E-state index contributed by atoms with van der Waals surface area (Å²) in [5.74, 6) is -5.45. The fraction of sp³-hybridized carbons (Fsp3) is 0.514. The van der Waals surface area contributed by atoms with Crippen LogP contribution in [0, 0.1) is 22.7 Å². The van der Waals surface area contributed by atoms with E-state index >= 15 is 0 Å². The highest BCUT2D eigenvalue weighted by Gasteiger charge is 2.68. The molecule has 0 aliphatic heterocycles. The van der Waals surface area contributed by atoms with Crippen molar-refractivity contribution in [2.45, 2.75) is 98.8 Å². The van der Waals surface area contributed by atoms with Crippen LogP contribution in [0.3, 0.4) is 0 Å². The van der Waals surface area contributed by atoms with Gasteiger partial charge in [0.1, 0.15) is 18.3 Å². The Bertz CT molecular complexity index is 1570. The topological polar surface area (TPSA) is 149 Å². The van der Waals surface area contributed by atoms with Gasteiger partial charge < -0.3 is 23.7 Å². The largest absolute Gasteiger partial charge is 0.462 e. The molecule has 0 radical (unpaired) electrons. The van der Waals surface area contributed by atoms with Gasteiger partial charge in [-0.1, -0.05) is 57.7 Å². The molecule has 258 valence electrons. The molecule has 0 saturated heterocycles. The number of ether oxygens (including phenoxy) is 5. The summed E-state index contributed by atoms with van der Waals surface area (Å²) in [7, 11) is 0. The minimum absolute atomic E-state index is 0.0341. The fourth-order valence-corrected chi connectivity index (χ4v) is 8.00. The minimum atomic E-state index is -1.49. The van der Waals surface area contributed by atoms with E-state index in [1.807, 2.05) is 44.2 Å². The van der Waals surface area contributed by atoms with E-state index in [0.717, 1.165) is 5.56 Å². The lowest BCUT2D eigenvalue weighted by Crippen LogP contribution is -2.68. The molecule has 11 heteroatoms. The first-order chi connectivity index (χ1) is 22.4. The molecule has 0 spiro atoms. The number of Topliss-reactive ketones (excluding diaryl/α,β-unsaturated/α-hetero) is 1. The summed E-state index contributed by atoms with van der Waals surface area (Å²) in [6.07, 6.45) is -3.23. The van der Waals surface area contributed by atoms with Gasteiger partial charge in [-0.05, 0) is 40.7 Å². The van der Waals surface area contributed by atoms with Crippen LogP contribution >= 0.6 is 0 Å². The molecule has 1 aromatic rings. The molecular formula is C37H44O11. The van der Waals surface area contributed by atoms with Crippen LogP contribution in [0.2, 0.25) is 0 Å². The Morgan fingerprint density at radius 3 is 1.98 bits per heavy atom. The smallest absolute Gasteiger partial charge is 0.331 e. The summed E-state index contributed by atoms with van der Waals surface area (Å²) in [5.41, 5.74) is -0.644. The molecule has 1 aromatic carbocycles. The van der Waals surface area contributed by atoms with Crippen molar-refractivity contribution in [3.05, 3.63) is 65.3 Å². The van der Waals surface area contributed by atoms with Crippen molar-refractivity contribution in [1.82, 2.24) is 0 Å². The van der Waals surface area contributed by atoms with E-state index in [1.165, 1.54) is 33.8 Å². The average molecular weight is 665 g/mol. The van der Waals surface area contributed by atoms with Crippen LogP contribution in [0.25, 0.3) is 6.08 Å². The van der Waals surface area contributed by atoms with E-state index in [0.29, 0.717) is 16.7 Å². The lowest BCUT2D eigenvalue weighted by molar-refractivity contribution is -0.228. The Hall–Kier alpha value is -4.54. The summed E-state index contributed by atoms with van der Waals surface area (Å²) >= 11 is 0. The molecule has 0 N–H and O–H groups in total. The zero-order valence-electron chi connectivity index (χ0n) is 28.7. The Kier molecular flexibility index (Phi) is 10.5. The Balaban J connectivity index is 1.98. The molecule has 3 aliphatic rings. The number of carbonyl (C=O) groups excluding carboxylic acids is 6. The van der Waals surface area contributed by atoms with Crippen LogP contribution in [0.1, 0.15) is 73.8 Å². The van der Waals surface area contributed by atoms with E-state index in [1.54, 1.807) is 19.9 Å². The van der Waals surface area contributed by atoms with Crippen LogP contribution in [0.4, 0.5) is 0 Å². The third-order valence-electron chi connectivity index (χ3n) is 10.0. The molecule has 8 atom stereocenters. The Morgan fingerprint density at radius 1 is 0.833 bits per heavy atom. The second-order valence-electron chi connectivity index (χ2n) is 13.6. The normalized spacial score (nSPS) is 31.1. The number of fused-ring (bicyclic) bond motifs is 3. The molecule has 0 aromatic heterocycles. The van der Waals surface area contributed by atoms with Crippen LogP contribution in [0.5, 0.6) is 0 Å². The number of allylic oxidation sites excluding steroid dienone is 1. The summed E-state index contributed by atoms with van der Waals surface area (Å²) in [6.45, 7) is 16.2. The summed E-state index contributed by atoms with van der Waals surface area (Å²) < 4.78 is 30.0. The highest BCUT2D eigenvalue weighted by Crippen LogP contribution is 2.61. The van der Waals surface area contributed by atoms with E-state index in [-0.39, 0.29) is 18.6 Å². The van der Waals surface area contributed by atoms with E-state index in [9.17, 15) is 28.8 Å². The first-order valence-corrected chi connectivity index (χ1v) is 15.9. The van der Waals surface area contributed by atoms with Gasteiger partial charge in [0, 0.05) is 58.4 Å². The number of rotatable bonds is 7. The van der Waals surface area contributed by atoms with Crippen LogP contribution in [-0.2, 0) is 52.5 Å². The van der Waals surface area contributed by atoms with Crippen molar-refractivity contribution in [3.63, 3.8) is 0 Å². The molecule has 0 heterocycles. The molecule has 0 amide bonds. The highest BCUT2D eigenvalue weighted by atomic mass is 16.6. The summed E-state index contributed by atoms with van der Waals surface area (Å²) in [5, 5.41) is 0. The van der Waals surface area contributed by atoms with Gasteiger partial charge >= 0.3 is 29.8 Å². The molecule has 11 nitrogen and oxygen atoms in total. The molecule has 4 rings (SSSR count). The molecular weight excluding hydrogens is 620 g/mol. The summed E-state index contributed by atoms with van der Waals surface area (Å²) in [6, 6.07) is 9.12. The monoisotopic (exact) mass is 664 g/mol. The first-order valence-electron chi connectivity index (χ1n) is 15.9. The maximum absolute atomic E-state index is 13.7. The number of carbonyl (C=O) groups is 6. The predicted octanol–water partition coefficient (Wildman–Crippen LogP) is 4.87. The van der Waals surface area contributed by atoms with Gasteiger partial charge in [-0.3, -0.25) is 24.0 Å². The van der Waals surface area contributed by atoms with E-state index < -0.39 is 83.0 Å². The molecule has 3 aliphatic carbocycles. The fourth-order valence-electron chi connectivity index (χ4n) is 8.00. The standard InChI is InChI=1S/C37H44O11/c1-19-27(42)17-26-33(45-22(4)39)32-20(2)28(48-30(43)16-15-25-13-11-10-12-14-25)18-29(44-21(3)38)37(32,9)35(47-24(6)41)34(46-23(5)40)31(19)36(26,7)8/h10-16,26,28-29,32-35H,2,17-18H2,1,3-9H3/t26-,28-,29-,32-,33+,34+,35-,37+/m0/s1. The third-order valence-corrected chi connectivity index (χ3v) is 10.0. The average Bonchev–Trinajstić information content (AvgIpc) is 2.97. The van der Waals surface area contributed by atoms with Gasteiger partial charge in [0.15, 0.2) is 18.0 Å². The SMILES string of the molecule is C=C1[C@@H](OC(=O)C=Cc2ccccc2)C[C@H](OC(C)=O)[C@@]2(C)[C@@H](OC(C)=O)[C@H](OC(C)=O)C3=C(C)C(=O)C[C@@H]([C@@H](OC(C)=O)[C@H]12)C3(C)C. The van der Waals surface area contributed by atoms with E-state index in [4.69, 9.17) is 23.7 Å². The summed E-state index contributed by atoms with van der Waals surface area (Å²) in [4.78, 5) is 78.0. The van der Waals surface area contributed by atoms with E-state index in [2.05, 4.69) is 6.58 Å². The molecule has 48 heavy (non-hydrogen) atoms. The van der Waals surface area contributed by atoms with Crippen molar-refractivity contribution in [3.8, 4) is 0 Å². The number of hydrogen-bond donors (Lipinski definition) is 0. The number of benzene rings is 1.